The molecular formula is C22H28N4O3. The number of hydrogen-bond donors (Lipinski definition) is 2. The van der Waals surface area contributed by atoms with Crippen LogP contribution < -0.4 is 10.2 Å². The Bertz CT molecular complexity index is 802. The average Bonchev–Trinajstić information content (AvgIpc) is 3.15. The van der Waals surface area contributed by atoms with Gasteiger partial charge in [0.15, 0.2) is 0 Å². The van der Waals surface area contributed by atoms with E-state index in [0.717, 1.165) is 50.0 Å². The van der Waals surface area contributed by atoms with Crippen LogP contribution in [-0.2, 0) is 10.2 Å². The molecule has 154 valence electrons. The number of benzene rings is 1. The van der Waals surface area contributed by atoms with E-state index in [1.165, 1.54) is 0 Å². The summed E-state index contributed by atoms with van der Waals surface area (Å²) in [5.74, 6) is -0.989. The highest BCUT2D eigenvalue weighted by molar-refractivity contribution is 5.94. The number of nitriles is 1. The number of carbonyl (C=O) groups excluding carboxylic acids is 1. The summed E-state index contributed by atoms with van der Waals surface area (Å²) >= 11 is 0. The van der Waals surface area contributed by atoms with Crippen LogP contribution in [0.5, 0.6) is 0 Å². The van der Waals surface area contributed by atoms with Crippen molar-refractivity contribution in [1.82, 2.24) is 10.2 Å². The van der Waals surface area contributed by atoms with Crippen molar-refractivity contribution in [2.45, 2.75) is 50.0 Å². The van der Waals surface area contributed by atoms with Gasteiger partial charge in [-0.05, 0) is 69.3 Å². The number of carboxylic acids is 1. The monoisotopic (exact) mass is 396 g/mol. The summed E-state index contributed by atoms with van der Waals surface area (Å²) in [4.78, 5) is 27.9. The molecule has 4 rings (SSSR count). The van der Waals surface area contributed by atoms with Crippen molar-refractivity contribution in [3.63, 3.8) is 0 Å². The van der Waals surface area contributed by atoms with E-state index in [2.05, 4.69) is 11.4 Å². The molecule has 0 unspecified atom stereocenters. The lowest BCUT2D eigenvalue weighted by Gasteiger charge is -2.33. The molecule has 0 aromatic heterocycles. The maximum Gasteiger partial charge on any atom is 0.324 e. The molecule has 0 bridgehead atoms. The zero-order chi connectivity index (χ0) is 20.4. The van der Waals surface area contributed by atoms with Crippen LogP contribution in [-0.4, -0.2) is 54.2 Å². The minimum atomic E-state index is -0.721. The standard InChI is InChI=1S/C22H28N4O3/c23-15-22(9-11-24-12-10-22)17-3-7-19(8-4-17)26-14-13-25(21(26)29)18-5-1-16(2-6-18)20(27)28/h3-4,7-8,16,18,24H,1-2,5-6,9-14H2,(H,27,28)/t16-,18-. The first-order valence-electron chi connectivity index (χ1n) is 10.6. The highest BCUT2D eigenvalue weighted by Crippen LogP contribution is 2.35. The summed E-state index contributed by atoms with van der Waals surface area (Å²) in [6.07, 6.45) is 4.41. The van der Waals surface area contributed by atoms with Gasteiger partial charge in [-0.3, -0.25) is 9.69 Å². The van der Waals surface area contributed by atoms with Gasteiger partial charge in [-0.15, -0.1) is 0 Å². The molecule has 2 amide bonds. The van der Waals surface area contributed by atoms with Crippen molar-refractivity contribution in [3.05, 3.63) is 29.8 Å². The maximum atomic E-state index is 13.0. The zero-order valence-electron chi connectivity index (χ0n) is 16.6. The number of urea groups is 1. The molecule has 29 heavy (non-hydrogen) atoms. The Balaban J connectivity index is 1.43. The molecule has 1 aliphatic carbocycles. The Labute approximate surface area is 171 Å². The molecule has 2 heterocycles. The maximum absolute atomic E-state index is 13.0. The Morgan fingerprint density at radius 3 is 2.34 bits per heavy atom. The van der Waals surface area contributed by atoms with Crippen molar-refractivity contribution in [3.8, 4) is 6.07 Å². The van der Waals surface area contributed by atoms with Crippen molar-refractivity contribution in [2.75, 3.05) is 31.1 Å². The molecule has 1 aromatic carbocycles. The first-order chi connectivity index (χ1) is 14.0. The van der Waals surface area contributed by atoms with Crippen molar-refractivity contribution in [1.29, 1.82) is 5.26 Å². The number of carbonyl (C=O) groups is 2. The minimum Gasteiger partial charge on any atom is -0.481 e. The number of aliphatic carboxylic acids is 1. The van der Waals surface area contributed by atoms with E-state index in [9.17, 15) is 20.0 Å². The molecule has 1 aromatic rings. The Morgan fingerprint density at radius 1 is 1.10 bits per heavy atom. The number of carboxylic acid groups (broad SMARTS) is 1. The number of hydrogen-bond acceptors (Lipinski definition) is 4. The van der Waals surface area contributed by atoms with Gasteiger partial charge in [-0.1, -0.05) is 12.1 Å². The third-order valence-electron chi connectivity index (χ3n) is 6.93. The Hall–Kier alpha value is -2.59. The molecule has 1 saturated carbocycles. The van der Waals surface area contributed by atoms with Gasteiger partial charge in [0.05, 0.1) is 17.4 Å². The fourth-order valence-electron chi connectivity index (χ4n) is 5.05. The molecule has 2 N–H and O–H groups in total. The van der Waals surface area contributed by atoms with Crippen LogP contribution in [0.2, 0.25) is 0 Å². The predicted octanol–water partition coefficient (Wildman–Crippen LogP) is 2.72. The SMILES string of the molecule is N#CC1(c2ccc(N3CCN([C@H]4CC[C@H](C(=O)O)CC4)C3=O)cc2)CCNCC1. The van der Waals surface area contributed by atoms with Gasteiger partial charge < -0.3 is 15.3 Å². The predicted molar refractivity (Wildman–Crippen MR) is 109 cm³/mol. The zero-order valence-corrected chi connectivity index (χ0v) is 16.6. The number of amides is 2. The van der Waals surface area contributed by atoms with E-state index >= 15 is 0 Å². The largest absolute Gasteiger partial charge is 0.481 e. The van der Waals surface area contributed by atoms with E-state index in [1.54, 1.807) is 4.90 Å². The molecule has 0 radical (unpaired) electrons. The molecule has 2 aliphatic heterocycles. The van der Waals surface area contributed by atoms with Crippen molar-refractivity contribution in [2.24, 2.45) is 5.92 Å². The summed E-state index contributed by atoms with van der Waals surface area (Å²) in [7, 11) is 0. The molecule has 2 saturated heterocycles. The van der Waals surface area contributed by atoms with Crippen LogP contribution in [0, 0.1) is 17.2 Å². The molecule has 7 heteroatoms. The van der Waals surface area contributed by atoms with Gasteiger partial charge in [-0.2, -0.15) is 5.26 Å². The number of nitrogens with one attached hydrogen (secondary N) is 1. The van der Waals surface area contributed by atoms with E-state index in [1.807, 2.05) is 29.2 Å². The quantitative estimate of drug-likeness (QED) is 0.816. The van der Waals surface area contributed by atoms with Crippen LogP contribution in [0.3, 0.4) is 0 Å². The van der Waals surface area contributed by atoms with Gasteiger partial charge in [0.1, 0.15) is 0 Å². The average molecular weight is 396 g/mol. The van der Waals surface area contributed by atoms with Gasteiger partial charge in [0.2, 0.25) is 0 Å². The molecular weight excluding hydrogens is 368 g/mol. The second kappa shape index (κ2) is 8.03. The Morgan fingerprint density at radius 2 is 1.76 bits per heavy atom. The second-order valence-electron chi connectivity index (χ2n) is 8.46. The lowest BCUT2D eigenvalue weighted by atomic mass is 9.74. The second-order valence-corrected chi connectivity index (χ2v) is 8.46. The topological polar surface area (TPSA) is 96.7 Å². The van der Waals surface area contributed by atoms with Gasteiger partial charge in [0, 0.05) is 24.8 Å². The number of rotatable bonds is 4. The normalized spacial score (nSPS) is 26.9. The lowest BCUT2D eigenvalue weighted by molar-refractivity contribution is -0.143. The summed E-state index contributed by atoms with van der Waals surface area (Å²) in [5.41, 5.74) is 1.45. The summed E-state index contributed by atoms with van der Waals surface area (Å²) < 4.78 is 0. The first-order valence-corrected chi connectivity index (χ1v) is 10.6. The summed E-state index contributed by atoms with van der Waals surface area (Å²) in [5, 5.41) is 22.2. The van der Waals surface area contributed by atoms with Gasteiger partial charge in [-0.25, -0.2) is 4.79 Å². The number of piperidine rings is 1. The third kappa shape index (κ3) is 3.69. The first kappa shape index (κ1) is 19.7. The fraction of sp³-hybridized carbons (Fsp3) is 0.591. The van der Waals surface area contributed by atoms with Crippen molar-refractivity contribution < 1.29 is 14.7 Å². The smallest absolute Gasteiger partial charge is 0.324 e. The van der Waals surface area contributed by atoms with Gasteiger partial charge in [0.25, 0.3) is 0 Å². The molecule has 0 atom stereocenters. The number of nitrogens with zero attached hydrogens (tertiary/aromatic N) is 3. The summed E-state index contributed by atoms with van der Waals surface area (Å²) in [6.45, 7) is 3.01. The van der Waals surface area contributed by atoms with Gasteiger partial charge >= 0.3 is 12.0 Å². The molecule has 7 nitrogen and oxygen atoms in total. The van der Waals surface area contributed by atoms with Crippen LogP contribution in [0.15, 0.2) is 24.3 Å². The molecule has 3 fully saturated rings. The van der Waals surface area contributed by atoms with E-state index < -0.39 is 11.4 Å². The fourth-order valence-corrected chi connectivity index (χ4v) is 5.05. The van der Waals surface area contributed by atoms with Crippen LogP contribution in [0.4, 0.5) is 10.5 Å². The molecule has 0 spiro atoms. The third-order valence-corrected chi connectivity index (χ3v) is 6.93. The minimum absolute atomic E-state index is 0.00777. The Kier molecular flexibility index (Phi) is 5.46. The molecule has 3 aliphatic rings. The van der Waals surface area contributed by atoms with Crippen LogP contribution >= 0.6 is 0 Å². The summed E-state index contributed by atoms with van der Waals surface area (Å²) in [6, 6.07) is 10.6. The van der Waals surface area contributed by atoms with Crippen molar-refractivity contribution >= 4 is 17.7 Å². The highest BCUT2D eigenvalue weighted by Gasteiger charge is 2.38. The van der Waals surface area contributed by atoms with Crippen LogP contribution in [0.25, 0.3) is 0 Å². The van der Waals surface area contributed by atoms with E-state index in [0.29, 0.717) is 25.9 Å². The van der Waals surface area contributed by atoms with E-state index in [4.69, 9.17) is 0 Å². The highest BCUT2D eigenvalue weighted by atomic mass is 16.4. The lowest BCUT2D eigenvalue weighted by Crippen LogP contribution is -2.42. The number of anilines is 1. The van der Waals surface area contributed by atoms with Crippen LogP contribution in [0.1, 0.15) is 44.1 Å². The van der Waals surface area contributed by atoms with E-state index in [-0.39, 0.29) is 18.0 Å².